The quantitative estimate of drug-likeness (QED) is 0.681. The molecule has 0 saturated carbocycles. The molecule has 0 atom stereocenters. The Kier molecular flexibility index (Phi) is 4.17. The summed E-state index contributed by atoms with van der Waals surface area (Å²) in [6, 6.07) is 4.15. The Morgan fingerprint density at radius 3 is 3.17 bits per heavy atom. The van der Waals surface area contributed by atoms with Crippen molar-refractivity contribution >= 4 is 17.5 Å². The summed E-state index contributed by atoms with van der Waals surface area (Å²) in [6.07, 6.45) is 4.18. The molecule has 0 radical (unpaired) electrons. The number of aromatic amines is 1. The van der Waals surface area contributed by atoms with Crippen LogP contribution in [0.1, 0.15) is 35.4 Å². The summed E-state index contributed by atoms with van der Waals surface area (Å²) in [6.45, 7) is 2.67. The van der Waals surface area contributed by atoms with E-state index in [1.807, 2.05) is 6.07 Å². The van der Waals surface area contributed by atoms with Crippen molar-refractivity contribution in [1.29, 1.82) is 0 Å². The second kappa shape index (κ2) is 6.60. The van der Waals surface area contributed by atoms with E-state index in [1.165, 1.54) is 5.56 Å². The number of carbonyl (C=O) groups excluding carboxylic acids is 1. The normalized spacial score (nSPS) is 16.0. The molecule has 0 fully saturated rings. The zero-order chi connectivity index (χ0) is 16.4. The molecule has 2 aliphatic heterocycles. The number of nitrogens with zero attached hydrogens (tertiary/aromatic N) is 2. The van der Waals surface area contributed by atoms with Gasteiger partial charge < -0.3 is 16.0 Å². The Labute approximate surface area is 140 Å². The SMILES string of the molecule is O=C(CCc1ccc2c(n1)NCCC2)Nc1n[nH]c2c1CNCC2. The number of rotatable bonds is 4. The lowest BCUT2D eigenvalue weighted by atomic mass is 10.1. The van der Waals surface area contributed by atoms with Gasteiger partial charge in [0.1, 0.15) is 5.82 Å². The smallest absolute Gasteiger partial charge is 0.225 e. The van der Waals surface area contributed by atoms with Crippen LogP contribution < -0.4 is 16.0 Å². The highest BCUT2D eigenvalue weighted by Gasteiger charge is 2.18. The highest BCUT2D eigenvalue weighted by molar-refractivity contribution is 5.90. The topological polar surface area (TPSA) is 94.7 Å². The Morgan fingerprint density at radius 1 is 1.25 bits per heavy atom. The van der Waals surface area contributed by atoms with Gasteiger partial charge in [-0.25, -0.2) is 4.98 Å². The molecule has 0 aromatic carbocycles. The fourth-order valence-electron chi connectivity index (χ4n) is 3.27. The van der Waals surface area contributed by atoms with Gasteiger partial charge in [-0.3, -0.25) is 9.89 Å². The minimum Gasteiger partial charge on any atom is -0.370 e. The van der Waals surface area contributed by atoms with Crippen LogP contribution in [0.2, 0.25) is 0 Å². The molecule has 7 nitrogen and oxygen atoms in total. The van der Waals surface area contributed by atoms with E-state index in [0.717, 1.165) is 61.7 Å². The van der Waals surface area contributed by atoms with Crippen molar-refractivity contribution in [2.75, 3.05) is 23.7 Å². The predicted octanol–water partition coefficient (Wildman–Crippen LogP) is 1.38. The van der Waals surface area contributed by atoms with Crippen LogP contribution in [0.4, 0.5) is 11.6 Å². The van der Waals surface area contributed by atoms with E-state index in [9.17, 15) is 4.79 Å². The molecule has 4 N–H and O–H groups in total. The van der Waals surface area contributed by atoms with E-state index < -0.39 is 0 Å². The van der Waals surface area contributed by atoms with Crippen molar-refractivity contribution in [3.63, 3.8) is 0 Å². The average Bonchev–Trinajstić information content (AvgIpc) is 3.03. The van der Waals surface area contributed by atoms with Crippen molar-refractivity contribution in [2.24, 2.45) is 0 Å². The molecule has 126 valence electrons. The molecule has 0 bridgehead atoms. The summed E-state index contributed by atoms with van der Waals surface area (Å²) in [5.41, 5.74) is 4.41. The zero-order valence-electron chi connectivity index (χ0n) is 13.6. The molecule has 7 heteroatoms. The number of carbonyl (C=O) groups is 1. The molecule has 0 saturated heterocycles. The van der Waals surface area contributed by atoms with Crippen LogP contribution in [0.5, 0.6) is 0 Å². The molecule has 1 amide bonds. The fraction of sp³-hybridized carbons (Fsp3) is 0.471. The number of amides is 1. The van der Waals surface area contributed by atoms with Gasteiger partial charge in [-0.1, -0.05) is 6.07 Å². The number of anilines is 2. The Hall–Kier alpha value is -2.41. The molecule has 0 aliphatic carbocycles. The van der Waals surface area contributed by atoms with Gasteiger partial charge in [-0.15, -0.1) is 0 Å². The van der Waals surface area contributed by atoms with E-state index in [1.54, 1.807) is 0 Å². The molecule has 0 spiro atoms. The molecule has 4 rings (SSSR count). The lowest BCUT2D eigenvalue weighted by molar-refractivity contribution is -0.116. The van der Waals surface area contributed by atoms with Gasteiger partial charge in [0, 0.05) is 49.4 Å². The third-order valence-electron chi connectivity index (χ3n) is 4.62. The van der Waals surface area contributed by atoms with Crippen molar-refractivity contribution in [2.45, 2.75) is 38.6 Å². The van der Waals surface area contributed by atoms with Gasteiger partial charge in [0.05, 0.1) is 0 Å². The van der Waals surface area contributed by atoms with Crippen molar-refractivity contribution < 1.29 is 4.79 Å². The second-order valence-corrected chi connectivity index (χ2v) is 6.34. The van der Waals surface area contributed by atoms with Crippen LogP contribution in [-0.4, -0.2) is 34.2 Å². The van der Waals surface area contributed by atoms with E-state index in [-0.39, 0.29) is 5.91 Å². The monoisotopic (exact) mass is 326 g/mol. The first kappa shape index (κ1) is 15.1. The number of pyridine rings is 1. The van der Waals surface area contributed by atoms with Gasteiger partial charge in [0.15, 0.2) is 5.82 Å². The van der Waals surface area contributed by atoms with Crippen LogP contribution in [-0.2, 0) is 30.6 Å². The standard InChI is InChI=1S/C17H22N6O/c24-15(21-17-13-10-18-9-7-14(13)22-23-17)6-5-12-4-3-11-2-1-8-19-16(11)20-12/h3-4,18H,1-2,5-10H2,(H,19,20)(H2,21,22,23,24). The van der Waals surface area contributed by atoms with Gasteiger partial charge in [-0.05, 0) is 30.9 Å². The third-order valence-corrected chi connectivity index (χ3v) is 4.62. The molecule has 4 heterocycles. The largest absolute Gasteiger partial charge is 0.370 e. The van der Waals surface area contributed by atoms with Crippen LogP contribution >= 0.6 is 0 Å². The van der Waals surface area contributed by atoms with Gasteiger partial charge in [0.25, 0.3) is 0 Å². The second-order valence-electron chi connectivity index (χ2n) is 6.34. The molecule has 0 unspecified atom stereocenters. The maximum absolute atomic E-state index is 12.2. The van der Waals surface area contributed by atoms with Gasteiger partial charge in [-0.2, -0.15) is 5.10 Å². The Bertz CT molecular complexity index is 754. The number of fused-ring (bicyclic) bond motifs is 2. The van der Waals surface area contributed by atoms with Crippen molar-refractivity contribution in [3.8, 4) is 0 Å². The summed E-state index contributed by atoms with van der Waals surface area (Å²) in [7, 11) is 0. The Balaban J connectivity index is 1.36. The first-order valence-corrected chi connectivity index (χ1v) is 8.59. The summed E-state index contributed by atoms with van der Waals surface area (Å²) in [5, 5.41) is 16.8. The summed E-state index contributed by atoms with van der Waals surface area (Å²) in [4.78, 5) is 16.9. The maximum Gasteiger partial charge on any atom is 0.225 e. The number of nitrogens with one attached hydrogen (secondary N) is 4. The predicted molar refractivity (Wildman–Crippen MR) is 92.0 cm³/mol. The highest BCUT2D eigenvalue weighted by Crippen LogP contribution is 2.21. The first-order chi connectivity index (χ1) is 11.8. The third kappa shape index (κ3) is 3.12. The summed E-state index contributed by atoms with van der Waals surface area (Å²) < 4.78 is 0. The lowest BCUT2D eigenvalue weighted by Gasteiger charge is -2.17. The molecule has 2 aliphatic rings. The maximum atomic E-state index is 12.2. The number of hydrogen-bond donors (Lipinski definition) is 4. The first-order valence-electron chi connectivity index (χ1n) is 8.59. The van der Waals surface area contributed by atoms with E-state index in [0.29, 0.717) is 18.7 Å². The molecule has 2 aromatic rings. The van der Waals surface area contributed by atoms with E-state index in [4.69, 9.17) is 0 Å². The summed E-state index contributed by atoms with van der Waals surface area (Å²) >= 11 is 0. The summed E-state index contributed by atoms with van der Waals surface area (Å²) in [5.74, 6) is 1.61. The lowest BCUT2D eigenvalue weighted by Crippen LogP contribution is -2.24. The van der Waals surface area contributed by atoms with Gasteiger partial charge in [0.2, 0.25) is 5.91 Å². The number of aromatic nitrogens is 3. The minimum atomic E-state index is -0.0256. The van der Waals surface area contributed by atoms with Crippen LogP contribution in [0.25, 0.3) is 0 Å². The fourth-order valence-corrected chi connectivity index (χ4v) is 3.27. The van der Waals surface area contributed by atoms with Crippen LogP contribution in [0.15, 0.2) is 12.1 Å². The molecule has 2 aromatic heterocycles. The van der Waals surface area contributed by atoms with Crippen LogP contribution in [0, 0.1) is 0 Å². The van der Waals surface area contributed by atoms with Crippen molar-refractivity contribution in [1.82, 2.24) is 20.5 Å². The number of H-pyrrole nitrogens is 1. The molecular formula is C17H22N6O. The molecule has 24 heavy (non-hydrogen) atoms. The van der Waals surface area contributed by atoms with Crippen molar-refractivity contribution in [3.05, 3.63) is 34.6 Å². The van der Waals surface area contributed by atoms with E-state index in [2.05, 4.69) is 37.2 Å². The molecular weight excluding hydrogens is 304 g/mol. The van der Waals surface area contributed by atoms with E-state index >= 15 is 0 Å². The van der Waals surface area contributed by atoms with Gasteiger partial charge >= 0.3 is 0 Å². The minimum absolute atomic E-state index is 0.0256. The highest BCUT2D eigenvalue weighted by atomic mass is 16.1. The number of aryl methyl sites for hydroxylation is 2. The van der Waals surface area contributed by atoms with Crippen LogP contribution in [0.3, 0.4) is 0 Å². The average molecular weight is 326 g/mol. The zero-order valence-corrected chi connectivity index (χ0v) is 13.6. The number of hydrogen-bond acceptors (Lipinski definition) is 5. The Morgan fingerprint density at radius 2 is 2.21 bits per heavy atom.